The minimum atomic E-state index is -3.60. The Bertz CT molecular complexity index is 1030. The van der Waals surface area contributed by atoms with E-state index in [0.717, 1.165) is 31.6 Å². The molecule has 0 bridgehead atoms. The summed E-state index contributed by atoms with van der Waals surface area (Å²) >= 11 is 0. The van der Waals surface area contributed by atoms with Crippen LogP contribution in [0.3, 0.4) is 0 Å². The van der Waals surface area contributed by atoms with Gasteiger partial charge in [-0.25, -0.2) is 8.42 Å². The van der Waals surface area contributed by atoms with Crippen LogP contribution in [0.5, 0.6) is 11.5 Å². The highest BCUT2D eigenvalue weighted by Crippen LogP contribution is 2.34. The lowest BCUT2D eigenvalue weighted by Gasteiger charge is -2.30. The van der Waals surface area contributed by atoms with Gasteiger partial charge < -0.3 is 14.7 Å². The quantitative estimate of drug-likeness (QED) is 0.617. The van der Waals surface area contributed by atoms with Gasteiger partial charge in [0, 0.05) is 38.0 Å². The normalized spacial score (nSPS) is 15.0. The number of sulfonamides is 1. The van der Waals surface area contributed by atoms with E-state index in [9.17, 15) is 13.5 Å². The third kappa shape index (κ3) is 5.19. The van der Waals surface area contributed by atoms with Crippen LogP contribution in [0.2, 0.25) is 0 Å². The first-order chi connectivity index (χ1) is 14.9. The van der Waals surface area contributed by atoms with Crippen molar-refractivity contribution in [2.24, 2.45) is 4.99 Å². The van der Waals surface area contributed by atoms with Crippen molar-refractivity contribution < 1.29 is 18.3 Å². The van der Waals surface area contributed by atoms with Gasteiger partial charge in [-0.2, -0.15) is 4.31 Å². The average Bonchev–Trinajstić information content (AvgIpc) is 2.79. The first-order valence-electron chi connectivity index (χ1n) is 10.7. The molecule has 1 aliphatic rings. The molecule has 31 heavy (non-hydrogen) atoms. The van der Waals surface area contributed by atoms with E-state index < -0.39 is 10.0 Å². The summed E-state index contributed by atoms with van der Waals surface area (Å²) in [6.45, 7) is 6.29. The number of benzene rings is 2. The molecule has 8 heteroatoms. The predicted molar refractivity (Wildman–Crippen MR) is 125 cm³/mol. The van der Waals surface area contributed by atoms with E-state index in [0.29, 0.717) is 30.1 Å². The number of phenolic OH excluding ortho intramolecular Hbond substituents is 1. The Kier molecular flexibility index (Phi) is 7.56. The molecule has 1 N–H and O–H groups in total. The van der Waals surface area contributed by atoms with E-state index in [-0.39, 0.29) is 10.6 Å². The minimum Gasteiger partial charge on any atom is -0.507 e. The van der Waals surface area contributed by atoms with Crippen molar-refractivity contribution in [1.29, 1.82) is 0 Å². The number of aromatic hydroxyl groups is 1. The highest BCUT2D eigenvalue weighted by atomic mass is 32.2. The molecule has 1 saturated heterocycles. The Morgan fingerprint density at radius 2 is 1.81 bits per heavy atom. The zero-order valence-corrected chi connectivity index (χ0v) is 19.2. The van der Waals surface area contributed by atoms with Gasteiger partial charge in [0.1, 0.15) is 11.5 Å². The molecular formula is C23H31N3O4S. The molecule has 0 radical (unpaired) electrons. The van der Waals surface area contributed by atoms with Crippen molar-refractivity contribution in [3.8, 4) is 11.5 Å². The van der Waals surface area contributed by atoms with Crippen molar-refractivity contribution in [3.05, 3.63) is 42.0 Å². The lowest BCUT2D eigenvalue weighted by Crippen LogP contribution is -2.31. The lowest BCUT2D eigenvalue weighted by molar-refractivity contribution is 0.412. The van der Waals surface area contributed by atoms with Gasteiger partial charge in [-0.1, -0.05) is 13.8 Å². The molecule has 1 heterocycles. The third-order valence-corrected chi connectivity index (χ3v) is 7.61. The van der Waals surface area contributed by atoms with Crippen LogP contribution in [0.4, 0.5) is 11.4 Å². The summed E-state index contributed by atoms with van der Waals surface area (Å²) in [5, 5.41) is 10.2. The summed E-state index contributed by atoms with van der Waals surface area (Å²) in [5.74, 6) is 0.685. The van der Waals surface area contributed by atoms with Crippen LogP contribution < -0.4 is 9.64 Å². The maximum Gasteiger partial charge on any atom is 0.243 e. The number of methoxy groups -OCH3 is 1. The number of piperidine rings is 1. The maximum absolute atomic E-state index is 13.1. The summed E-state index contributed by atoms with van der Waals surface area (Å²) in [4.78, 5) is 7.07. The molecule has 0 aromatic heterocycles. The summed E-state index contributed by atoms with van der Waals surface area (Å²) < 4.78 is 32.8. The molecule has 1 aliphatic heterocycles. The van der Waals surface area contributed by atoms with Crippen molar-refractivity contribution >= 4 is 27.6 Å². The third-order valence-electron chi connectivity index (χ3n) is 5.56. The largest absolute Gasteiger partial charge is 0.507 e. The van der Waals surface area contributed by atoms with Gasteiger partial charge in [0.15, 0.2) is 0 Å². The van der Waals surface area contributed by atoms with Crippen LogP contribution >= 0.6 is 0 Å². The standard InChI is InChI=1S/C23H31N3O4S/c1-4-26(5-2)31(28,29)20-10-11-22(25-13-7-6-8-14-25)21(16-20)24-17-18-15-19(30-3)9-12-23(18)27/h9-12,15-17,27H,4-8,13-14H2,1-3H3. The van der Waals surface area contributed by atoms with E-state index in [1.165, 1.54) is 10.7 Å². The second-order valence-corrected chi connectivity index (χ2v) is 9.41. The number of hydrogen-bond donors (Lipinski definition) is 1. The van der Waals surface area contributed by atoms with E-state index in [1.807, 2.05) is 19.9 Å². The molecule has 2 aromatic carbocycles. The number of nitrogens with zero attached hydrogens (tertiary/aromatic N) is 3. The highest BCUT2D eigenvalue weighted by molar-refractivity contribution is 7.89. The lowest BCUT2D eigenvalue weighted by atomic mass is 10.1. The molecule has 1 fully saturated rings. The van der Waals surface area contributed by atoms with Crippen LogP contribution in [-0.2, 0) is 10.0 Å². The summed E-state index contributed by atoms with van der Waals surface area (Å²) in [6, 6.07) is 10.1. The number of hydrogen-bond acceptors (Lipinski definition) is 6. The van der Waals surface area contributed by atoms with Crippen LogP contribution in [0.25, 0.3) is 0 Å². The van der Waals surface area contributed by atoms with Crippen molar-refractivity contribution in [1.82, 2.24) is 4.31 Å². The zero-order valence-electron chi connectivity index (χ0n) is 18.4. The van der Waals surface area contributed by atoms with Gasteiger partial charge in [0.05, 0.1) is 23.4 Å². The van der Waals surface area contributed by atoms with Crippen molar-refractivity contribution in [2.75, 3.05) is 38.2 Å². The second kappa shape index (κ2) is 10.2. The summed E-state index contributed by atoms with van der Waals surface area (Å²) in [5.41, 5.74) is 1.97. The highest BCUT2D eigenvalue weighted by Gasteiger charge is 2.24. The molecule has 0 saturated carbocycles. The van der Waals surface area contributed by atoms with Gasteiger partial charge in [-0.05, 0) is 55.7 Å². The minimum absolute atomic E-state index is 0.0796. The number of rotatable bonds is 8. The van der Waals surface area contributed by atoms with Crippen LogP contribution in [-0.4, -0.2) is 57.3 Å². The SMILES string of the molecule is CCN(CC)S(=O)(=O)c1ccc(N2CCCCC2)c(N=Cc2cc(OC)ccc2O)c1. The van der Waals surface area contributed by atoms with Crippen LogP contribution in [0, 0.1) is 0 Å². The van der Waals surface area contributed by atoms with E-state index in [2.05, 4.69) is 9.89 Å². The van der Waals surface area contributed by atoms with Gasteiger partial charge in [0.25, 0.3) is 0 Å². The van der Waals surface area contributed by atoms with Crippen molar-refractivity contribution in [2.45, 2.75) is 38.0 Å². The Balaban J connectivity index is 2.06. The summed E-state index contributed by atoms with van der Waals surface area (Å²) in [7, 11) is -2.04. The molecule has 0 atom stereocenters. The smallest absolute Gasteiger partial charge is 0.243 e. The topological polar surface area (TPSA) is 82.4 Å². The fourth-order valence-electron chi connectivity index (χ4n) is 3.78. The molecule has 0 amide bonds. The fraction of sp³-hybridized carbons (Fsp3) is 0.435. The first kappa shape index (κ1) is 23.1. The molecule has 0 unspecified atom stereocenters. The average molecular weight is 446 g/mol. The molecule has 168 valence electrons. The summed E-state index contributed by atoms with van der Waals surface area (Å²) in [6.07, 6.45) is 4.94. The van der Waals surface area contributed by atoms with Crippen LogP contribution in [0.1, 0.15) is 38.7 Å². The van der Waals surface area contributed by atoms with Gasteiger partial charge in [0.2, 0.25) is 10.0 Å². The molecule has 0 aliphatic carbocycles. The van der Waals surface area contributed by atoms with Gasteiger partial charge in [-0.3, -0.25) is 4.99 Å². The second-order valence-electron chi connectivity index (χ2n) is 7.47. The monoisotopic (exact) mass is 445 g/mol. The molecular weight excluding hydrogens is 414 g/mol. The van der Waals surface area contributed by atoms with Gasteiger partial charge >= 0.3 is 0 Å². The Morgan fingerprint density at radius 1 is 1.10 bits per heavy atom. The number of phenols is 1. The van der Waals surface area contributed by atoms with Crippen molar-refractivity contribution in [3.63, 3.8) is 0 Å². The van der Waals surface area contributed by atoms with Crippen LogP contribution in [0.15, 0.2) is 46.3 Å². The number of aliphatic imine (C=N–C) groups is 1. The number of anilines is 1. The molecule has 2 aromatic rings. The zero-order chi connectivity index (χ0) is 22.4. The van der Waals surface area contributed by atoms with E-state index in [1.54, 1.807) is 43.7 Å². The Labute approximate surface area is 185 Å². The first-order valence-corrected chi connectivity index (χ1v) is 12.1. The van der Waals surface area contributed by atoms with E-state index >= 15 is 0 Å². The molecule has 7 nitrogen and oxygen atoms in total. The predicted octanol–water partition coefficient (Wildman–Crippen LogP) is 4.17. The maximum atomic E-state index is 13.1. The fourth-order valence-corrected chi connectivity index (χ4v) is 5.26. The van der Waals surface area contributed by atoms with Gasteiger partial charge in [-0.15, -0.1) is 0 Å². The molecule has 0 spiro atoms. The van der Waals surface area contributed by atoms with E-state index in [4.69, 9.17) is 4.74 Å². The Hall–Kier alpha value is -2.58. The number of ether oxygens (including phenoxy) is 1. The Morgan fingerprint density at radius 3 is 2.45 bits per heavy atom. The molecule has 3 rings (SSSR count).